The summed E-state index contributed by atoms with van der Waals surface area (Å²) in [5, 5.41) is 0. The Kier molecular flexibility index (Phi) is 4.14. The second-order valence-electron chi connectivity index (χ2n) is 5.88. The van der Waals surface area contributed by atoms with Crippen LogP contribution in [-0.4, -0.2) is 20.1 Å². The first-order valence-electron chi connectivity index (χ1n) is 7.91. The summed E-state index contributed by atoms with van der Waals surface area (Å²) in [6.45, 7) is 4.57. The second kappa shape index (κ2) is 6.21. The lowest BCUT2D eigenvalue weighted by Gasteiger charge is -2.34. The van der Waals surface area contributed by atoms with Gasteiger partial charge >= 0.3 is 0 Å². The molecule has 0 atom stereocenters. The maximum absolute atomic E-state index is 2.55. The Hall–Kier alpha value is -1.96. The van der Waals surface area contributed by atoms with Gasteiger partial charge in [0.1, 0.15) is 0 Å². The molecule has 0 aliphatic carbocycles. The molecule has 0 saturated carbocycles. The summed E-state index contributed by atoms with van der Waals surface area (Å²) in [4.78, 5) is 4.87. The van der Waals surface area contributed by atoms with Gasteiger partial charge in [-0.3, -0.25) is 0 Å². The third kappa shape index (κ3) is 2.90. The van der Waals surface area contributed by atoms with Crippen molar-refractivity contribution in [1.29, 1.82) is 0 Å². The van der Waals surface area contributed by atoms with Gasteiger partial charge in [-0.2, -0.15) is 0 Å². The van der Waals surface area contributed by atoms with Crippen molar-refractivity contribution in [3.05, 3.63) is 54.1 Å². The maximum Gasteiger partial charge on any atom is 0.0675 e. The van der Waals surface area contributed by atoms with Crippen LogP contribution in [-0.2, 0) is 0 Å². The van der Waals surface area contributed by atoms with Crippen molar-refractivity contribution in [3.63, 3.8) is 0 Å². The van der Waals surface area contributed by atoms with Gasteiger partial charge in [0.15, 0.2) is 0 Å². The smallest absolute Gasteiger partial charge is 0.0675 e. The van der Waals surface area contributed by atoms with Gasteiger partial charge in [0, 0.05) is 25.8 Å². The summed E-state index contributed by atoms with van der Waals surface area (Å²) >= 11 is 0. The molecule has 2 nitrogen and oxygen atoms in total. The quantitative estimate of drug-likeness (QED) is 0.800. The number of anilines is 3. The Bertz CT molecular complexity index is 586. The minimum Gasteiger partial charge on any atom is -0.370 e. The SMILES string of the molecule is Cc1cccc(N2CCCCC2)c1N(C)c1ccccc1. The van der Waals surface area contributed by atoms with Gasteiger partial charge in [0.25, 0.3) is 0 Å². The van der Waals surface area contributed by atoms with Crippen LogP contribution in [0.4, 0.5) is 17.1 Å². The van der Waals surface area contributed by atoms with Crippen molar-refractivity contribution in [2.75, 3.05) is 29.9 Å². The van der Waals surface area contributed by atoms with Crippen LogP contribution in [0.15, 0.2) is 48.5 Å². The zero-order valence-electron chi connectivity index (χ0n) is 13.0. The molecule has 110 valence electrons. The van der Waals surface area contributed by atoms with Crippen LogP contribution in [0.5, 0.6) is 0 Å². The molecule has 0 bridgehead atoms. The molecule has 0 N–H and O–H groups in total. The molecule has 2 aromatic rings. The molecule has 1 heterocycles. The number of benzene rings is 2. The summed E-state index contributed by atoms with van der Waals surface area (Å²) < 4.78 is 0. The molecule has 1 saturated heterocycles. The summed E-state index contributed by atoms with van der Waals surface area (Å²) in [6.07, 6.45) is 3.98. The Morgan fingerprint density at radius 1 is 0.857 bits per heavy atom. The van der Waals surface area contributed by atoms with Crippen molar-refractivity contribution in [2.45, 2.75) is 26.2 Å². The van der Waals surface area contributed by atoms with Crippen molar-refractivity contribution in [3.8, 4) is 0 Å². The highest BCUT2D eigenvalue weighted by atomic mass is 15.2. The van der Waals surface area contributed by atoms with E-state index in [4.69, 9.17) is 0 Å². The monoisotopic (exact) mass is 280 g/mol. The lowest BCUT2D eigenvalue weighted by Crippen LogP contribution is -2.31. The van der Waals surface area contributed by atoms with Crippen molar-refractivity contribution in [1.82, 2.24) is 0 Å². The third-order valence-corrected chi connectivity index (χ3v) is 4.39. The number of hydrogen-bond donors (Lipinski definition) is 0. The zero-order chi connectivity index (χ0) is 14.7. The molecule has 0 amide bonds. The standard InChI is InChI=1S/C19H24N2/c1-16-10-9-13-18(21-14-7-4-8-15-21)19(16)20(2)17-11-5-3-6-12-17/h3,5-6,9-13H,4,7-8,14-15H2,1-2H3. The molecule has 1 aliphatic rings. The predicted octanol–water partition coefficient (Wildman–Crippen LogP) is 4.75. The first kappa shape index (κ1) is 14.0. The van der Waals surface area contributed by atoms with Gasteiger partial charge in [-0.25, -0.2) is 0 Å². The molecule has 0 radical (unpaired) electrons. The largest absolute Gasteiger partial charge is 0.370 e. The van der Waals surface area contributed by atoms with E-state index in [1.807, 2.05) is 0 Å². The van der Waals surface area contributed by atoms with Crippen LogP contribution in [0.3, 0.4) is 0 Å². The summed E-state index contributed by atoms with van der Waals surface area (Å²) in [7, 11) is 2.17. The van der Waals surface area contributed by atoms with Crippen LogP contribution in [0.2, 0.25) is 0 Å². The van der Waals surface area contributed by atoms with Crippen molar-refractivity contribution < 1.29 is 0 Å². The highest BCUT2D eigenvalue weighted by Gasteiger charge is 2.18. The number of hydrogen-bond acceptors (Lipinski definition) is 2. The van der Waals surface area contributed by atoms with Crippen LogP contribution in [0, 0.1) is 6.92 Å². The van der Waals surface area contributed by atoms with Crippen LogP contribution >= 0.6 is 0 Å². The molecular formula is C19H24N2. The topological polar surface area (TPSA) is 6.48 Å². The van der Waals surface area contributed by atoms with Gasteiger partial charge < -0.3 is 9.80 Å². The third-order valence-electron chi connectivity index (χ3n) is 4.39. The van der Waals surface area contributed by atoms with Gasteiger partial charge in [-0.15, -0.1) is 0 Å². The molecule has 21 heavy (non-hydrogen) atoms. The van der Waals surface area contributed by atoms with Gasteiger partial charge in [0.05, 0.1) is 11.4 Å². The average molecular weight is 280 g/mol. The lowest BCUT2D eigenvalue weighted by molar-refractivity contribution is 0.578. The molecule has 1 fully saturated rings. The number of aryl methyl sites for hydroxylation is 1. The molecule has 3 rings (SSSR count). The van der Waals surface area contributed by atoms with Crippen molar-refractivity contribution in [2.24, 2.45) is 0 Å². The van der Waals surface area contributed by atoms with E-state index in [-0.39, 0.29) is 0 Å². The lowest BCUT2D eigenvalue weighted by atomic mass is 10.1. The second-order valence-corrected chi connectivity index (χ2v) is 5.88. The van der Waals surface area contributed by atoms with E-state index in [0.717, 1.165) is 0 Å². The molecule has 2 heteroatoms. The van der Waals surface area contributed by atoms with Gasteiger partial charge in [-0.05, 0) is 49.9 Å². The van der Waals surface area contributed by atoms with Crippen molar-refractivity contribution >= 4 is 17.1 Å². The Balaban J connectivity index is 2.00. The van der Waals surface area contributed by atoms with E-state index in [0.29, 0.717) is 0 Å². The molecule has 2 aromatic carbocycles. The predicted molar refractivity (Wildman–Crippen MR) is 91.7 cm³/mol. The van der Waals surface area contributed by atoms with E-state index >= 15 is 0 Å². The zero-order valence-corrected chi connectivity index (χ0v) is 13.0. The highest BCUT2D eigenvalue weighted by molar-refractivity contribution is 5.79. The average Bonchev–Trinajstić information content (AvgIpc) is 2.55. The molecule has 1 aliphatic heterocycles. The van der Waals surface area contributed by atoms with E-state index < -0.39 is 0 Å². The fourth-order valence-electron chi connectivity index (χ4n) is 3.25. The fourth-order valence-corrected chi connectivity index (χ4v) is 3.25. The molecule has 0 spiro atoms. The van der Waals surface area contributed by atoms with E-state index in [2.05, 4.69) is 72.3 Å². The van der Waals surface area contributed by atoms with Gasteiger partial charge in [0.2, 0.25) is 0 Å². The van der Waals surface area contributed by atoms with E-state index in [9.17, 15) is 0 Å². The van der Waals surface area contributed by atoms with E-state index in [1.54, 1.807) is 0 Å². The minimum absolute atomic E-state index is 1.18. The maximum atomic E-state index is 2.55. The number of nitrogens with zero attached hydrogens (tertiary/aromatic N) is 2. The van der Waals surface area contributed by atoms with Crippen LogP contribution < -0.4 is 9.80 Å². The van der Waals surface area contributed by atoms with E-state index in [1.165, 1.54) is 55.0 Å². The molecule has 0 aromatic heterocycles. The Morgan fingerprint density at radius 3 is 2.29 bits per heavy atom. The molecular weight excluding hydrogens is 256 g/mol. The minimum atomic E-state index is 1.18. The normalized spacial score (nSPS) is 15.0. The van der Waals surface area contributed by atoms with Crippen LogP contribution in [0.25, 0.3) is 0 Å². The number of para-hydroxylation sites is 2. The fraction of sp³-hybridized carbons (Fsp3) is 0.368. The first-order chi connectivity index (χ1) is 10.3. The van der Waals surface area contributed by atoms with Crippen LogP contribution in [0.1, 0.15) is 24.8 Å². The highest BCUT2D eigenvalue weighted by Crippen LogP contribution is 2.37. The Labute approximate surface area is 128 Å². The summed E-state index contributed by atoms with van der Waals surface area (Å²) in [5.41, 5.74) is 5.29. The number of rotatable bonds is 3. The summed E-state index contributed by atoms with van der Waals surface area (Å²) in [6, 6.07) is 17.3. The number of piperidine rings is 1. The van der Waals surface area contributed by atoms with Gasteiger partial charge in [-0.1, -0.05) is 30.3 Å². The summed E-state index contributed by atoms with van der Waals surface area (Å²) in [5.74, 6) is 0. The first-order valence-corrected chi connectivity index (χ1v) is 7.91. The molecule has 0 unspecified atom stereocenters. The Morgan fingerprint density at radius 2 is 1.57 bits per heavy atom.